The molecule has 2 N–H and O–H groups in total. The quantitative estimate of drug-likeness (QED) is 0.643. The van der Waals surface area contributed by atoms with Crippen LogP contribution in [0.25, 0.3) is 12.2 Å². The first kappa shape index (κ1) is 16.3. The molecular weight excluding hydrogens is 356 g/mol. The van der Waals surface area contributed by atoms with Gasteiger partial charge >= 0.3 is 0 Å². The lowest BCUT2D eigenvalue weighted by Gasteiger charge is -2.05. The smallest absolute Gasteiger partial charge is 0.234 e. The van der Waals surface area contributed by atoms with E-state index in [-0.39, 0.29) is 18.5 Å². The Hall–Kier alpha value is -3.20. The molecule has 3 aromatic rings. The molecule has 0 radical (unpaired) electrons. The minimum absolute atomic E-state index is 0.161. The molecule has 8 nitrogen and oxygen atoms in total. The molecule has 0 spiro atoms. The molecule has 0 saturated carbocycles. The van der Waals surface area contributed by atoms with E-state index in [2.05, 4.69) is 20.5 Å². The number of carbonyl (C=O) groups is 1. The van der Waals surface area contributed by atoms with Crippen LogP contribution in [0.15, 0.2) is 46.2 Å². The van der Waals surface area contributed by atoms with Gasteiger partial charge in [0, 0.05) is 11.8 Å². The molecule has 0 unspecified atom stereocenters. The van der Waals surface area contributed by atoms with Gasteiger partial charge in [-0.2, -0.15) is 0 Å². The number of fused-ring (bicyclic) bond motifs is 1. The van der Waals surface area contributed by atoms with E-state index in [1.807, 2.05) is 6.07 Å². The standard InChI is InChI=1S/C17H14N4O4S/c22-16(18-11-3-5-13-14(8-11)25-10-24-13)9-26-17-19-15(20-21-17)6-4-12-2-1-7-23-12/h1-8H,9-10H2,(H,18,22)(H,19,20,21)/b6-4+. The lowest BCUT2D eigenvalue weighted by Crippen LogP contribution is -2.14. The average molecular weight is 370 g/mol. The van der Waals surface area contributed by atoms with E-state index in [4.69, 9.17) is 13.9 Å². The highest BCUT2D eigenvalue weighted by molar-refractivity contribution is 7.99. The fourth-order valence-corrected chi connectivity index (χ4v) is 2.85. The Morgan fingerprint density at radius 3 is 3.08 bits per heavy atom. The number of aromatic nitrogens is 3. The van der Waals surface area contributed by atoms with Gasteiger partial charge in [-0.1, -0.05) is 11.8 Å². The van der Waals surface area contributed by atoms with Gasteiger partial charge in [0.1, 0.15) is 11.6 Å². The van der Waals surface area contributed by atoms with Crippen molar-refractivity contribution in [2.45, 2.75) is 5.16 Å². The van der Waals surface area contributed by atoms with E-state index in [0.717, 1.165) is 5.76 Å². The topological polar surface area (TPSA) is 102 Å². The number of hydrogen-bond acceptors (Lipinski definition) is 7. The highest BCUT2D eigenvalue weighted by Gasteiger charge is 2.14. The molecule has 1 aromatic carbocycles. The molecule has 0 bridgehead atoms. The van der Waals surface area contributed by atoms with Crippen molar-refractivity contribution in [1.29, 1.82) is 0 Å². The number of anilines is 1. The fraction of sp³-hybridized carbons (Fsp3) is 0.118. The van der Waals surface area contributed by atoms with Crippen molar-refractivity contribution in [2.24, 2.45) is 0 Å². The van der Waals surface area contributed by atoms with Crippen molar-refractivity contribution in [2.75, 3.05) is 17.9 Å². The van der Waals surface area contributed by atoms with Crippen molar-refractivity contribution in [3.8, 4) is 11.5 Å². The van der Waals surface area contributed by atoms with Crippen LogP contribution in [0.3, 0.4) is 0 Å². The first-order chi connectivity index (χ1) is 12.8. The van der Waals surface area contributed by atoms with Crippen LogP contribution in [-0.2, 0) is 4.79 Å². The Labute approximate surface area is 152 Å². The van der Waals surface area contributed by atoms with Crippen LogP contribution < -0.4 is 14.8 Å². The van der Waals surface area contributed by atoms with Crippen LogP contribution >= 0.6 is 11.8 Å². The number of aromatic amines is 1. The first-order valence-corrected chi connectivity index (χ1v) is 8.71. The Balaban J connectivity index is 1.29. The molecule has 26 heavy (non-hydrogen) atoms. The molecule has 1 aliphatic rings. The molecule has 4 rings (SSSR count). The zero-order valence-corrected chi connectivity index (χ0v) is 14.3. The van der Waals surface area contributed by atoms with Gasteiger partial charge in [0.15, 0.2) is 11.5 Å². The molecule has 132 valence electrons. The maximum absolute atomic E-state index is 12.1. The van der Waals surface area contributed by atoms with Gasteiger partial charge < -0.3 is 19.2 Å². The number of H-pyrrole nitrogens is 1. The molecule has 0 atom stereocenters. The molecule has 9 heteroatoms. The summed E-state index contributed by atoms with van der Waals surface area (Å²) in [7, 11) is 0. The number of benzene rings is 1. The van der Waals surface area contributed by atoms with Crippen LogP contribution in [-0.4, -0.2) is 33.6 Å². The monoisotopic (exact) mass is 370 g/mol. The number of nitrogens with zero attached hydrogens (tertiary/aromatic N) is 2. The summed E-state index contributed by atoms with van der Waals surface area (Å²) in [6, 6.07) is 8.90. The van der Waals surface area contributed by atoms with Crippen LogP contribution in [0.5, 0.6) is 11.5 Å². The predicted molar refractivity (Wildman–Crippen MR) is 95.9 cm³/mol. The number of carbonyl (C=O) groups excluding carboxylic acids is 1. The van der Waals surface area contributed by atoms with Crippen molar-refractivity contribution in [1.82, 2.24) is 15.2 Å². The van der Waals surface area contributed by atoms with Gasteiger partial charge in [0.05, 0.1) is 12.0 Å². The third kappa shape index (κ3) is 3.89. The van der Waals surface area contributed by atoms with E-state index < -0.39 is 0 Å². The van der Waals surface area contributed by atoms with Crippen LogP contribution in [0.2, 0.25) is 0 Å². The Kier molecular flexibility index (Phi) is 4.61. The fourth-order valence-electron chi connectivity index (χ4n) is 2.25. The van der Waals surface area contributed by atoms with E-state index in [1.165, 1.54) is 11.8 Å². The van der Waals surface area contributed by atoms with Crippen molar-refractivity contribution < 1.29 is 18.7 Å². The Morgan fingerprint density at radius 1 is 1.27 bits per heavy atom. The summed E-state index contributed by atoms with van der Waals surface area (Å²) >= 11 is 1.24. The second kappa shape index (κ2) is 7.36. The van der Waals surface area contributed by atoms with Crippen LogP contribution in [0.4, 0.5) is 5.69 Å². The SMILES string of the molecule is O=C(CSc1n[nH]c(/C=C/c2ccco2)n1)Nc1ccc2c(c1)OCO2. The third-order valence-electron chi connectivity index (χ3n) is 3.42. The van der Waals surface area contributed by atoms with Crippen LogP contribution in [0.1, 0.15) is 11.6 Å². The van der Waals surface area contributed by atoms with E-state index in [1.54, 1.807) is 42.7 Å². The van der Waals surface area contributed by atoms with E-state index in [0.29, 0.717) is 28.2 Å². The molecular formula is C17H14N4O4S. The summed E-state index contributed by atoms with van der Waals surface area (Å²) in [5.74, 6) is 2.63. The zero-order chi connectivity index (χ0) is 17.8. The largest absolute Gasteiger partial charge is 0.465 e. The molecule has 0 aliphatic carbocycles. The summed E-state index contributed by atoms with van der Waals surface area (Å²) in [6.07, 6.45) is 5.13. The lowest BCUT2D eigenvalue weighted by molar-refractivity contribution is -0.113. The number of thioether (sulfide) groups is 1. The number of ether oxygens (including phenoxy) is 2. The summed E-state index contributed by atoms with van der Waals surface area (Å²) in [5, 5.41) is 10.2. The molecule has 1 amide bonds. The lowest BCUT2D eigenvalue weighted by atomic mass is 10.3. The average Bonchev–Trinajstić information content (AvgIpc) is 3.38. The number of hydrogen-bond donors (Lipinski definition) is 2. The maximum atomic E-state index is 12.1. The Bertz CT molecular complexity index is 936. The number of furan rings is 1. The highest BCUT2D eigenvalue weighted by atomic mass is 32.2. The minimum atomic E-state index is -0.161. The summed E-state index contributed by atoms with van der Waals surface area (Å²) < 4.78 is 15.7. The molecule has 0 saturated heterocycles. The van der Waals surface area contributed by atoms with Gasteiger partial charge in [0.25, 0.3) is 0 Å². The van der Waals surface area contributed by atoms with Gasteiger partial charge in [-0.25, -0.2) is 4.98 Å². The highest BCUT2D eigenvalue weighted by Crippen LogP contribution is 2.34. The van der Waals surface area contributed by atoms with Gasteiger partial charge in [0.2, 0.25) is 17.9 Å². The molecule has 3 heterocycles. The first-order valence-electron chi connectivity index (χ1n) is 7.72. The molecule has 2 aromatic heterocycles. The minimum Gasteiger partial charge on any atom is -0.465 e. The second-order valence-electron chi connectivity index (χ2n) is 5.26. The van der Waals surface area contributed by atoms with Crippen molar-refractivity contribution in [3.63, 3.8) is 0 Å². The summed E-state index contributed by atoms with van der Waals surface area (Å²) in [4.78, 5) is 16.4. The van der Waals surface area contributed by atoms with E-state index >= 15 is 0 Å². The van der Waals surface area contributed by atoms with E-state index in [9.17, 15) is 4.79 Å². The Morgan fingerprint density at radius 2 is 2.19 bits per heavy atom. The normalized spacial score (nSPS) is 12.6. The molecule has 0 fully saturated rings. The summed E-state index contributed by atoms with van der Waals surface area (Å²) in [5.41, 5.74) is 0.650. The van der Waals surface area contributed by atoms with Gasteiger partial charge in [-0.15, -0.1) is 5.10 Å². The maximum Gasteiger partial charge on any atom is 0.234 e. The number of nitrogens with one attached hydrogen (secondary N) is 2. The zero-order valence-electron chi connectivity index (χ0n) is 13.5. The predicted octanol–water partition coefficient (Wildman–Crippen LogP) is 3.03. The third-order valence-corrected chi connectivity index (χ3v) is 4.27. The molecule has 1 aliphatic heterocycles. The van der Waals surface area contributed by atoms with Crippen molar-refractivity contribution in [3.05, 3.63) is 48.2 Å². The number of amides is 1. The van der Waals surface area contributed by atoms with Crippen LogP contribution in [0, 0.1) is 0 Å². The van der Waals surface area contributed by atoms with Crippen molar-refractivity contribution >= 4 is 35.5 Å². The second-order valence-corrected chi connectivity index (χ2v) is 6.20. The number of rotatable bonds is 6. The van der Waals surface area contributed by atoms with Gasteiger partial charge in [-0.3, -0.25) is 9.89 Å². The van der Waals surface area contributed by atoms with Gasteiger partial charge in [-0.05, 0) is 36.4 Å². The summed E-state index contributed by atoms with van der Waals surface area (Å²) in [6.45, 7) is 0.199.